The molecular weight excluding hydrogens is 280 g/mol. The number of benzene rings is 1. The lowest BCUT2D eigenvalue weighted by molar-refractivity contribution is -0.00317. The number of anilines is 1. The van der Waals surface area contributed by atoms with E-state index >= 15 is 0 Å². The molecule has 2 atom stereocenters. The number of rotatable bonds is 3. The van der Waals surface area contributed by atoms with Crippen LogP contribution in [0.1, 0.15) is 40.0 Å². The quantitative estimate of drug-likeness (QED) is 0.889. The molecule has 1 aliphatic carbocycles. The van der Waals surface area contributed by atoms with E-state index in [0.29, 0.717) is 0 Å². The fourth-order valence-electron chi connectivity index (χ4n) is 3.95. The number of hydrogen-bond donors (Lipinski definition) is 2. The normalized spacial score (nSPS) is 28.7. The van der Waals surface area contributed by atoms with Gasteiger partial charge in [-0.25, -0.2) is 4.98 Å². The molecule has 21 heavy (non-hydrogen) atoms. The van der Waals surface area contributed by atoms with Crippen LogP contribution in [-0.2, 0) is 0 Å². The third-order valence-electron chi connectivity index (χ3n) is 4.38. The molecule has 3 rings (SSSR count). The highest BCUT2D eigenvalue weighted by Crippen LogP contribution is 2.46. The molecule has 0 aliphatic heterocycles. The Labute approximate surface area is 130 Å². The third-order valence-corrected chi connectivity index (χ3v) is 5.38. The summed E-state index contributed by atoms with van der Waals surface area (Å²) < 4.78 is 1.22. The predicted octanol–water partition coefficient (Wildman–Crippen LogP) is 4.29. The fraction of sp³-hybridized carbons (Fsp3) is 0.588. The minimum absolute atomic E-state index is 0.124. The highest BCUT2D eigenvalue weighted by atomic mass is 32.1. The van der Waals surface area contributed by atoms with Crippen molar-refractivity contribution in [3.63, 3.8) is 0 Å². The Morgan fingerprint density at radius 2 is 2.05 bits per heavy atom. The van der Waals surface area contributed by atoms with Crippen molar-refractivity contribution in [2.75, 3.05) is 11.9 Å². The summed E-state index contributed by atoms with van der Waals surface area (Å²) >= 11 is 1.70. The van der Waals surface area contributed by atoms with Gasteiger partial charge < -0.3 is 10.4 Å². The second-order valence-corrected chi connectivity index (χ2v) is 8.58. The summed E-state index contributed by atoms with van der Waals surface area (Å²) in [6.45, 7) is 7.65. The largest absolute Gasteiger partial charge is 0.393 e. The number of aromatic nitrogens is 1. The summed E-state index contributed by atoms with van der Waals surface area (Å²) in [5.41, 5.74) is 1.39. The van der Waals surface area contributed by atoms with Crippen molar-refractivity contribution in [2.24, 2.45) is 10.8 Å². The summed E-state index contributed by atoms with van der Waals surface area (Å²) in [4.78, 5) is 4.63. The summed E-state index contributed by atoms with van der Waals surface area (Å²) in [5, 5.41) is 14.6. The Kier molecular flexibility index (Phi) is 3.70. The van der Waals surface area contributed by atoms with Crippen molar-refractivity contribution in [3.05, 3.63) is 24.3 Å². The Balaban J connectivity index is 1.71. The van der Waals surface area contributed by atoms with Crippen LogP contribution in [0.2, 0.25) is 0 Å². The number of fused-ring (bicyclic) bond motifs is 1. The molecule has 1 aromatic carbocycles. The van der Waals surface area contributed by atoms with E-state index in [4.69, 9.17) is 0 Å². The van der Waals surface area contributed by atoms with Gasteiger partial charge in [-0.3, -0.25) is 0 Å². The van der Waals surface area contributed by atoms with E-state index < -0.39 is 0 Å². The van der Waals surface area contributed by atoms with Gasteiger partial charge in [-0.15, -0.1) is 0 Å². The molecule has 3 nitrogen and oxygen atoms in total. The number of nitrogens with zero attached hydrogens (tertiary/aromatic N) is 1. The van der Waals surface area contributed by atoms with Gasteiger partial charge in [0.2, 0.25) is 0 Å². The molecule has 2 aromatic rings. The molecule has 1 heterocycles. The number of aliphatic hydroxyl groups excluding tert-OH is 1. The maximum Gasteiger partial charge on any atom is 0.183 e. The summed E-state index contributed by atoms with van der Waals surface area (Å²) in [5.74, 6) is 0. The average molecular weight is 304 g/mol. The van der Waals surface area contributed by atoms with Crippen LogP contribution in [0.15, 0.2) is 24.3 Å². The molecule has 4 heteroatoms. The molecule has 0 radical (unpaired) electrons. The van der Waals surface area contributed by atoms with E-state index in [-0.39, 0.29) is 16.9 Å². The SMILES string of the molecule is CC1(C)CC(O)CC(C)(CNc2nc3ccccc3s2)C1. The zero-order valence-corrected chi connectivity index (χ0v) is 13.8. The van der Waals surface area contributed by atoms with Gasteiger partial charge >= 0.3 is 0 Å². The van der Waals surface area contributed by atoms with E-state index in [1.165, 1.54) is 4.70 Å². The van der Waals surface area contributed by atoms with Crippen LogP contribution in [0, 0.1) is 10.8 Å². The molecule has 0 bridgehead atoms. The lowest BCUT2D eigenvalue weighted by atomic mass is 9.63. The number of aliphatic hydroxyl groups is 1. The Morgan fingerprint density at radius 1 is 1.29 bits per heavy atom. The van der Waals surface area contributed by atoms with Gasteiger partial charge in [0, 0.05) is 6.54 Å². The molecule has 0 spiro atoms. The van der Waals surface area contributed by atoms with Crippen LogP contribution in [-0.4, -0.2) is 22.7 Å². The van der Waals surface area contributed by atoms with Gasteiger partial charge in [0.25, 0.3) is 0 Å². The minimum atomic E-state index is -0.184. The molecule has 0 saturated heterocycles. The van der Waals surface area contributed by atoms with Gasteiger partial charge in [0.05, 0.1) is 16.3 Å². The lowest BCUT2D eigenvalue weighted by Crippen LogP contribution is -2.42. The second-order valence-electron chi connectivity index (χ2n) is 7.55. The molecule has 0 amide bonds. The maximum atomic E-state index is 10.2. The van der Waals surface area contributed by atoms with Gasteiger partial charge in [-0.1, -0.05) is 44.2 Å². The Bertz CT molecular complexity index is 604. The van der Waals surface area contributed by atoms with E-state index in [1.807, 2.05) is 18.2 Å². The second kappa shape index (κ2) is 5.25. The molecule has 1 saturated carbocycles. The molecule has 2 unspecified atom stereocenters. The Hall–Kier alpha value is -1.13. The minimum Gasteiger partial charge on any atom is -0.393 e. The van der Waals surface area contributed by atoms with Crippen LogP contribution in [0.4, 0.5) is 5.13 Å². The molecule has 2 N–H and O–H groups in total. The van der Waals surface area contributed by atoms with Crippen molar-refractivity contribution in [3.8, 4) is 0 Å². The van der Waals surface area contributed by atoms with Crippen molar-refractivity contribution in [2.45, 2.75) is 46.1 Å². The molecule has 114 valence electrons. The standard InChI is InChI=1S/C17H24N2OS/c1-16(2)8-12(20)9-17(3,10-16)11-18-15-19-13-6-4-5-7-14(13)21-15/h4-7,12,20H,8-11H2,1-3H3,(H,18,19). The van der Waals surface area contributed by atoms with E-state index in [2.05, 4.69) is 37.1 Å². The van der Waals surface area contributed by atoms with E-state index in [1.54, 1.807) is 11.3 Å². The van der Waals surface area contributed by atoms with Crippen LogP contribution in [0.5, 0.6) is 0 Å². The Morgan fingerprint density at radius 3 is 2.76 bits per heavy atom. The zero-order valence-electron chi connectivity index (χ0n) is 13.0. The first-order valence-corrected chi connectivity index (χ1v) is 8.45. The summed E-state index contributed by atoms with van der Waals surface area (Å²) in [6.07, 6.45) is 2.73. The van der Waals surface area contributed by atoms with Crippen LogP contribution < -0.4 is 5.32 Å². The fourth-order valence-corrected chi connectivity index (χ4v) is 4.81. The van der Waals surface area contributed by atoms with Crippen molar-refractivity contribution in [1.29, 1.82) is 0 Å². The number of hydrogen-bond acceptors (Lipinski definition) is 4. The van der Waals surface area contributed by atoms with Crippen LogP contribution >= 0.6 is 11.3 Å². The summed E-state index contributed by atoms with van der Waals surface area (Å²) in [6, 6.07) is 8.22. The van der Waals surface area contributed by atoms with E-state index in [9.17, 15) is 5.11 Å². The van der Waals surface area contributed by atoms with Gasteiger partial charge in [-0.2, -0.15) is 0 Å². The van der Waals surface area contributed by atoms with Crippen LogP contribution in [0.25, 0.3) is 10.2 Å². The highest BCUT2D eigenvalue weighted by molar-refractivity contribution is 7.22. The molecule has 1 fully saturated rings. The smallest absolute Gasteiger partial charge is 0.183 e. The third kappa shape index (κ3) is 3.38. The van der Waals surface area contributed by atoms with Crippen LogP contribution in [0.3, 0.4) is 0 Å². The predicted molar refractivity (Wildman–Crippen MR) is 89.9 cm³/mol. The highest BCUT2D eigenvalue weighted by Gasteiger charge is 2.40. The summed E-state index contributed by atoms with van der Waals surface area (Å²) in [7, 11) is 0. The maximum absolute atomic E-state index is 10.2. The first-order chi connectivity index (χ1) is 9.85. The lowest BCUT2D eigenvalue weighted by Gasteiger charge is -2.45. The number of nitrogens with one attached hydrogen (secondary N) is 1. The number of thiazole rings is 1. The molecule has 1 aliphatic rings. The monoisotopic (exact) mass is 304 g/mol. The van der Waals surface area contributed by atoms with Crippen molar-refractivity contribution >= 4 is 26.7 Å². The van der Waals surface area contributed by atoms with Gasteiger partial charge in [0.1, 0.15) is 0 Å². The van der Waals surface area contributed by atoms with Crippen molar-refractivity contribution in [1.82, 2.24) is 4.98 Å². The van der Waals surface area contributed by atoms with Crippen molar-refractivity contribution < 1.29 is 5.11 Å². The molecular formula is C17H24N2OS. The first kappa shape index (κ1) is 14.8. The van der Waals surface area contributed by atoms with E-state index in [0.717, 1.165) is 36.5 Å². The zero-order chi connectivity index (χ0) is 15.1. The first-order valence-electron chi connectivity index (χ1n) is 7.63. The number of para-hydroxylation sites is 1. The van der Waals surface area contributed by atoms with Gasteiger partial charge in [-0.05, 0) is 42.2 Å². The molecule has 1 aromatic heterocycles. The average Bonchev–Trinajstić information content (AvgIpc) is 2.76. The van der Waals surface area contributed by atoms with Gasteiger partial charge in [0.15, 0.2) is 5.13 Å². The topological polar surface area (TPSA) is 45.1 Å².